The van der Waals surface area contributed by atoms with Crippen molar-refractivity contribution in [2.24, 2.45) is 12.8 Å². The standard InChI is InChI=1S/C10H14N4O2S2/c1-14-6-10(2-8(14)3-11)18(15,16)13-5-9-4-12-7-17-9/h2,4,6-7,13H,3,5,11H2,1H3. The second-order valence-corrected chi connectivity index (χ2v) is 6.51. The number of nitrogens with two attached hydrogens (primary N) is 1. The number of aromatic nitrogens is 2. The van der Waals surface area contributed by atoms with E-state index in [1.807, 2.05) is 0 Å². The van der Waals surface area contributed by atoms with E-state index in [0.717, 1.165) is 10.6 Å². The molecule has 0 amide bonds. The SMILES string of the molecule is Cn1cc(S(=O)(=O)NCc2cncs2)cc1CN. The average Bonchev–Trinajstić information content (AvgIpc) is 2.95. The average molecular weight is 286 g/mol. The molecule has 0 aliphatic rings. The monoisotopic (exact) mass is 286 g/mol. The van der Waals surface area contributed by atoms with Gasteiger partial charge in [-0.15, -0.1) is 11.3 Å². The van der Waals surface area contributed by atoms with Crippen LogP contribution in [-0.4, -0.2) is 18.0 Å². The molecule has 2 aromatic heterocycles. The van der Waals surface area contributed by atoms with Crippen LogP contribution in [0.1, 0.15) is 10.6 Å². The Balaban J connectivity index is 2.14. The Bertz CT molecular complexity index is 616. The van der Waals surface area contributed by atoms with Gasteiger partial charge in [0, 0.05) is 43.1 Å². The van der Waals surface area contributed by atoms with Gasteiger partial charge in [0.1, 0.15) is 0 Å². The van der Waals surface area contributed by atoms with Gasteiger partial charge in [-0.25, -0.2) is 13.1 Å². The molecule has 2 aromatic rings. The van der Waals surface area contributed by atoms with Gasteiger partial charge in [0.05, 0.1) is 10.4 Å². The molecule has 0 atom stereocenters. The summed E-state index contributed by atoms with van der Waals surface area (Å²) in [5.41, 5.74) is 7.95. The van der Waals surface area contributed by atoms with Crippen LogP contribution in [0.5, 0.6) is 0 Å². The number of aryl methyl sites for hydroxylation is 1. The summed E-state index contributed by atoms with van der Waals surface area (Å²) in [7, 11) is -1.73. The summed E-state index contributed by atoms with van der Waals surface area (Å²) in [5.74, 6) is 0. The van der Waals surface area contributed by atoms with E-state index in [2.05, 4.69) is 9.71 Å². The zero-order valence-electron chi connectivity index (χ0n) is 9.83. The Kier molecular flexibility index (Phi) is 3.81. The summed E-state index contributed by atoms with van der Waals surface area (Å²) in [6, 6.07) is 1.58. The summed E-state index contributed by atoms with van der Waals surface area (Å²) in [6.07, 6.45) is 3.20. The van der Waals surface area contributed by atoms with E-state index < -0.39 is 10.0 Å². The summed E-state index contributed by atoms with van der Waals surface area (Å²) < 4.78 is 28.3. The van der Waals surface area contributed by atoms with Gasteiger partial charge < -0.3 is 10.3 Å². The molecular weight excluding hydrogens is 272 g/mol. The quantitative estimate of drug-likeness (QED) is 0.833. The molecule has 98 valence electrons. The third-order valence-corrected chi connectivity index (χ3v) is 4.67. The Hall–Kier alpha value is -1.22. The van der Waals surface area contributed by atoms with E-state index in [0.29, 0.717) is 6.54 Å². The predicted molar refractivity (Wildman–Crippen MR) is 69.4 cm³/mol. The van der Waals surface area contributed by atoms with Gasteiger partial charge in [0.15, 0.2) is 0 Å². The number of rotatable bonds is 5. The van der Waals surface area contributed by atoms with Gasteiger partial charge in [-0.1, -0.05) is 0 Å². The van der Waals surface area contributed by atoms with E-state index in [9.17, 15) is 8.42 Å². The van der Waals surface area contributed by atoms with Crippen LogP contribution in [0.4, 0.5) is 0 Å². The van der Waals surface area contributed by atoms with Crippen molar-refractivity contribution in [2.45, 2.75) is 18.0 Å². The van der Waals surface area contributed by atoms with Crippen molar-refractivity contribution in [2.75, 3.05) is 0 Å². The van der Waals surface area contributed by atoms with Gasteiger partial charge >= 0.3 is 0 Å². The van der Waals surface area contributed by atoms with Crippen molar-refractivity contribution in [3.8, 4) is 0 Å². The maximum atomic E-state index is 12.0. The van der Waals surface area contributed by atoms with Crippen LogP contribution in [0.2, 0.25) is 0 Å². The molecule has 2 heterocycles. The van der Waals surface area contributed by atoms with Crippen LogP contribution in [0, 0.1) is 0 Å². The first-order chi connectivity index (χ1) is 8.53. The van der Waals surface area contributed by atoms with Crippen molar-refractivity contribution in [1.29, 1.82) is 0 Å². The van der Waals surface area contributed by atoms with Gasteiger partial charge in [0.2, 0.25) is 10.0 Å². The third-order valence-electron chi connectivity index (χ3n) is 2.52. The first kappa shape index (κ1) is 13.2. The van der Waals surface area contributed by atoms with Crippen molar-refractivity contribution < 1.29 is 8.42 Å². The van der Waals surface area contributed by atoms with Crippen LogP contribution >= 0.6 is 11.3 Å². The molecule has 0 unspecified atom stereocenters. The maximum absolute atomic E-state index is 12.0. The minimum Gasteiger partial charge on any atom is -0.352 e. The van der Waals surface area contributed by atoms with E-state index >= 15 is 0 Å². The maximum Gasteiger partial charge on any atom is 0.242 e. The summed E-state index contributed by atoms with van der Waals surface area (Å²) in [5, 5.41) is 0. The van der Waals surface area contributed by atoms with Gasteiger partial charge in [0.25, 0.3) is 0 Å². The lowest BCUT2D eigenvalue weighted by Crippen LogP contribution is -2.22. The topological polar surface area (TPSA) is 90.0 Å². The van der Waals surface area contributed by atoms with Crippen LogP contribution in [0.15, 0.2) is 28.9 Å². The van der Waals surface area contributed by atoms with Crippen LogP contribution in [-0.2, 0) is 30.2 Å². The normalized spacial score (nSPS) is 11.9. The van der Waals surface area contributed by atoms with E-state index in [4.69, 9.17) is 5.73 Å². The number of thiazole rings is 1. The van der Waals surface area contributed by atoms with Gasteiger partial charge in [-0.2, -0.15) is 0 Å². The first-order valence-corrected chi connectivity index (χ1v) is 7.61. The van der Waals surface area contributed by atoms with E-state index in [-0.39, 0.29) is 11.4 Å². The number of hydrogen-bond acceptors (Lipinski definition) is 5. The summed E-state index contributed by atoms with van der Waals surface area (Å²) in [6.45, 7) is 0.556. The molecule has 0 saturated heterocycles. The molecule has 2 rings (SSSR count). The Morgan fingerprint density at radius 1 is 1.56 bits per heavy atom. The predicted octanol–water partition coefficient (Wildman–Crippen LogP) is 0.419. The largest absolute Gasteiger partial charge is 0.352 e. The Labute approximate surface area is 110 Å². The number of nitrogens with zero attached hydrogens (tertiary/aromatic N) is 2. The highest BCUT2D eigenvalue weighted by molar-refractivity contribution is 7.89. The molecular formula is C10H14N4O2S2. The number of nitrogens with one attached hydrogen (secondary N) is 1. The zero-order chi connectivity index (χ0) is 13.2. The molecule has 0 saturated carbocycles. The highest BCUT2D eigenvalue weighted by atomic mass is 32.2. The molecule has 0 fully saturated rings. The molecule has 6 nitrogen and oxygen atoms in total. The fourth-order valence-corrected chi connectivity index (χ4v) is 3.23. The fraction of sp³-hybridized carbons (Fsp3) is 0.300. The highest BCUT2D eigenvalue weighted by Gasteiger charge is 2.17. The minimum atomic E-state index is -3.50. The first-order valence-electron chi connectivity index (χ1n) is 5.25. The van der Waals surface area contributed by atoms with Crippen LogP contribution in [0.25, 0.3) is 0 Å². The molecule has 8 heteroatoms. The van der Waals surface area contributed by atoms with Gasteiger partial charge in [-0.05, 0) is 6.07 Å². The molecule has 0 aromatic carbocycles. The zero-order valence-corrected chi connectivity index (χ0v) is 11.5. The lowest BCUT2D eigenvalue weighted by Gasteiger charge is -2.02. The lowest BCUT2D eigenvalue weighted by molar-refractivity contribution is 0.581. The van der Waals surface area contributed by atoms with Crippen molar-refractivity contribution >= 4 is 21.4 Å². The lowest BCUT2D eigenvalue weighted by atomic mass is 10.4. The summed E-state index contributed by atoms with van der Waals surface area (Å²) in [4.78, 5) is 4.99. The van der Waals surface area contributed by atoms with Crippen molar-refractivity contribution in [3.63, 3.8) is 0 Å². The number of sulfonamides is 1. The molecule has 18 heavy (non-hydrogen) atoms. The second kappa shape index (κ2) is 5.19. The molecule has 0 bridgehead atoms. The molecule has 3 N–H and O–H groups in total. The number of hydrogen-bond donors (Lipinski definition) is 2. The Morgan fingerprint density at radius 2 is 2.33 bits per heavy atom. The van der Waals surface area contributed by atoms with Gasteiger partial charge in [-0.3, -0.25) is 4.98 Å². The summed E-state index contributed by atoms with van der Waals surface area (Å²) >= 11 is 1.41. The third kappa shape index (κ3) is 2.78. The van der Waals surface area contributed by atoms with Crippen molar-refractivity contribution in [1.82, 2.24) is 14.3 Å². The molecule has 0 aliphatic carbocycles. The molecule has 0 spiro atoms. The fourth-order valence-electron chi connectivity index (χ4n) is 1.51. The van der Waals surface area contributed by atoms with Crippen molar-refractivity contribution in [3.05, 3.63) is 34.5 Å². The smallest absolute Gasteiger partial charge is 0.242 e. The van der Waals surface area contributed by atoms with E-state index in [1.165, 1.54) is 11.3 Å². The van der Waals surface area contributed by atoms with Crippen LogP contribution in [0.3, 0.4) is 0 Å². The molecule has 0 aliphatic heterocycles. The minimum absolute atomic E-state index is 0.231. The highest BCUT2D eigenvalue weighted by Crippen LogP contribution is 2.14. The van der Waals surface area contributed by atoms with E-state index in [1.54, 1.807) is 35.6 Å². The Morgan fingerprint density at radius 3 is 2.89 bits per heavy atom. The van der Waals surface area contributed by atoms with Crippen LogP contribution < -0.4 is 10.5 Å². The molecule has 0 radical (unpaired) electrons. The second-order valence-electron chi connectivity index (χ2n) is 3.77.